The summed E-state index contributed by atoms with van der Waals surface area (Å²) < 4.78 is 0. The number of aliphatic hydroxyl groups excluding tert-OH is 1. The molecule has 0 unspecified atom stereocenters. The molecule has 55 valence electrons. The number of rotatable bonds is 1. The first-order valence-electron chi connectivity index (χ1n) is 2.95. The van der Waals surface area contributed by atoms with Gasteiger partial charge in [0.15, 0.2) is 0 Å². The quantitative estimate of drug-likeness (QED) is 0.694. The van der Waals surface area contributed by atoms with Gasteiger partial charge in [0.25, 0.3) is 0 Å². The summed E-state index contributed by atoms with van der Waals surface area (Å²) in [5, 5.41) is 17.5. The van der Waals surface area contributed by atoms with Gasteiger partial charge in [-0.05, 0) is 17.7 Å². The summed E-state index contributed by atoms with van der Waals surface area (Å²) in [6.07, 6.45) is 0. The van der Waals surface area contributed by atoms with Crippen LogP contribution in [-0.4, -0.2) is 5.11 Å². The number of nitrogens with zero attached hydrogens (tertiary/aromatic N) is 1. The van der Waals surface area contributed by atoms with E-state index < -0.39 is 0 Å². The highest BCUT2D eigenvalue weighted by Gasteiger charge is 1.99. The van der Waals surface area contributed by atoms with E-state index in [1.54, 1.807) is 12.1 Å². The van der Waals surface area contributed by atoms with Crippen molar-refractivity contribution >= 4 is 11.6 Å². The van der Waals surface area contributed by atoms with Crippen molar-refractivity contribution in [1.82, 2.24) is 0 Å². The zero-order valence-electron chi connectivity index (χ0n) is 5.58. The van der Waals surface area contributed by atoms with Crippen molar-refractivity contribution in [3.05, 3.63) is 41.0 Å². The average molecular weight is 167 g/mol. The van der Waals surface area contributed by atoms with Gasteiger partial charge in [-0.25, -0.2) is 0 Å². The second-order valence-electron chi connectivity index (χ2n) is 1.98. The SMILES string of the molecule is N#Cc1cc([CH]O)ccc1Cl. The number of halogens is 1. The fraction of sp³-hybridized carbons (Fsp3) is 0. The lowest BCUT2D eigenvalue weighted by molar-refractivity contribution is 0.415. The van der Waals surface area contributed by atoms with E-state index in [-0.39, 0.29) is 0 Å². The molecule has 0 atom stereocenters. The van der Waals surface area contributed by atoms with Gasteiger partial charge >= 0.3 is 0 Å². The molecule has 1 N–H and O–H groups in total. The molecule has 3 heteroatoms. The first-order valence-corrected chi connectivity index (χ1v) is 3.33. The van der Waals surface area contributed by atoms with Crippen LogP contribution in [0.15, 0.2) is 18.2 Å². The molecular weight excluding hydrogens is 162 g/mol. The van der Waals surface area contributed by atoms with Crippen LogP contribution in [0.25, 0.3) is 0 Å². The Labute approximate surface area is 69.7 Å². The third-order valence-corrected chi connectivity index (χ3v) is 1.59. The molecule has 0 amide bonds. The largest absolute Gasteiger partial charge is 0.385 e. The van der Waals surface area contributed by atoms with Crippen LogP contribution in [0, 0.1) is 17.9 Å². The Morgan fingerprint density at radius 3 is 2.82 bits per heavy atom. The van der Waals surface area contributed by atoms with Crippen molar-refractivity contribution in [2.75, 3.05) is 0 Å². The Bertz CT molecular complexity index is 303. The van der Waals surface area contributed by atoms with Gasteiger partial charge in [-0.2, -0.15) is 5.26 Å². The molecule has 1 aromatic carbocycles. The van der Waals surface area contributed by atoms with Crippen LogP contribution in [0.4, 0.5) is 0 Å². The molecule has 1 aromatic rings. The van der Waals surface area contributed by atoms with Gasteiger partial charge in [-0.15, -0.1) is 0 Å². The fourth-order valence-electron chi connectivity index (χ4n) is 0.709. The summed E-state index contributed by atoms with van der Waals surface area (Å²) in [6.45, 7) is 0.928. The van der Waals surface area contributed by atoms with Crippen molar-refractivity contribution in [3.63, 3.8) is 0 Å². The minimum atomic E-state index is 0.370. The Morgan fingerprint density at radius 1 is 1.55 bits per heavy atom. The first-order chi connectivity index (χ1) is 5.27. The maximum Gasteiger partial charge on any atom is 0.109 e. The summed E-state index contributed by atoms with van der Waals surface area (Å²) in [7, 11) is 0. The number of hydrogen-bond acceptors (Lipinski definition) is 2. The van der Waals surface area contributed by atoms with Crippen LogP contribution >= 0.6 is 11.6 Å². The van der Waals surface area contributed by atoms with E-state index in [4.69, 9.17) is 22.0 Å². The minimum absolute atomic E-state index is 0.370. The monoisotopic (exact) mass is 166 g/mol. The van der Waals surface area contributed by atoms with Crippen LogP contribution in [-0.2, 0) is 0 Å². The lowest BCUT2D eigenvalue weighted by atomic mass is 10.1. The Balaban J connectivity index is 3.15. The number of aliphatic hydroxyl groups is 1. The smallest absolute Gasteiger partial charge is 0.109 e. The van der Waals surface area contributed by atoms with Gasteiger partial charge in [-0.1, -0.05) is 17.7 Å². The molecule has 0 saturated carbocycles. The van der Waals surface area contributed by atoms with Crippen molar-refractivity contribution in [2.45, 2.75) is 0 Å². The molecule has 0 aromatic heterocycles. The van der Waals surface area contributed by atoms with Crippen LogP contribution in [0.5, 0.6) is 0 Å². The molecule has 0 aliphatic rings. The van der Waals surface area contributed by atoms with Crippen molar-refractivity contribution in [3.8, 4) is 6.07 Å². The molecule has 1 radical (unpaired) electrons. The van der Waals surface area contributed by atoms with Gasteiger partial charge in [0.1, 0.15) is 12.7 Å². The molecule has 0 bridgehead atoms. The molecule has 0 fully saturated rings. The van der Waals surface area contributed by atoms with Gasteiger partial charge in [0.05, 0.1) is 10.6 Å². The van der Waals surface area contributed by atoms with Crippen LogP contribution < -0.4 is 0 Å². The highest BCUT2D eigenvalue weighted by molar-refractivity contribution is 6.31. The van der Waals surface area contributed by atoms with Crippen LogP contribution in [0.1, 0.15) is 11.1 Å². The van der Waals surface area contributed by atoms with Crippen molar-refractivity contribution in [2.24, 2.45) is 0 Å². The fourth-order valence-corrected chi connectivity index (χ4v) is 0.869. The number of hydrogen-bond donors (Lipinski definition) is 1. The Hall–Kier alpha value is -1.04. The summed E-state index contributed by atoms with van der Waals surface area (Å²) in [4.78, 5) is 0. The molecule has 1 rings (SSSR count). The van der Waals surface area contributed by atoms with E-state index in [0.717, 1.165) is 6.61 Å². The molecule has 0 heterocycles. The summed E-state index contributed by atoms with van der Waals surface area (Å²) in [6, 6.07) is 6.62. The standard InChI is InChI=1S/C8H5ClNO/c9-8-2-1-6(5-11)3-7(8)4-10/h1-3,5,11H. The lowest BCUT2D eigenvalue weighted by Gasteiger charge is -1.96. The average Bonchev–Trinajstić information content (AvgIpc) is 2.05. The topological polar surface area (TPSA) is 44.0 Å². The maximum absolute atomic E-state index is 8.57. The molecule has 0 saturated heterocycles. The maximum atomic E-state index is 8.57. The van der Waals surface area contributed by atoms with E-state index in [9.17, 15) is 0 Å². The highest BCUT2D eigenvalue weighted by atomic mass is 35.5. The van der Waals surface area contributed by atoms with E-state index >= 15 is 0 Å². The van der Waals surface area contributed by atoms with Gasteiger partial charge < -0.3 is 5.11 Å². The Morgan fingerprint density at radius 2 is 2.27 bits per heavy atom. The van der Waals surface area contributed by atoms with Crippen LogP contribution in [0.2, 0.25) is 5.02 Å². The van der Waals surface area contributed by atoms with Gasteiger partial charge in [0.2, 0.25) is 0 Å². The second kappa shape index (κ2) is 3.38. The van der Waals surface area contributed by atoms with Crippen LogP contribution in [0.3, 0.4) is 0 Å². The van der Waals surface area contributed by atoms with Gasteiger partial charge in [-0.3, -0.25) is 0 Å². The third kappa shape index (κ3) is 1.70. The molecule has 0 spiro atoms. The van der Waals surface area contributed by atoms with E-state index in [2.05, 4.69) is 0 Å². The third-order valence-electron chi connectivity index (χ3n) is 1.26. The Kier molecular flexibility index (Phi) is 2.48. The molecule has 11 heavy (non-hydrogen) atoms. The molecule has 2 nitrogen and oxygen atoms in total. The predicted octanol–water partition coefficient (Wildman–Crippen LogP) is 2.09. The summed E-state index contributed by atoms with van der Waals surface area (Å²) >= 11 is 5.64. The first kappa shape index (κ1) is 8.06. The molecule has 0 aliphatic heterocycles. The second-order valence-corrected chi connectivity index (χ2v) is 2.39. The predicted molar refractivity (Wildman–Crippen MR) is 41.5 cm³/mol. The zero-order valence-corrected chi connectivity index (χ0v) is 6.34. The van der Waals surface area contributed by atoms with E-state index in [1.165, 1.54) is 6.07 Å². The number of nitriles is 1. The lowest BCUT2D eigenvalue weighted by Crippen LogP contribution is -1.82. The normalized spacial score (nSPS) is 9.18. The van der Waals surface area contributed by atoms with E-state index in [0.29, 0.717) is 16.1 Å². The zero-order chi connectivity index (χ0) is 8.27. The minimum Gasteiger partial charge on any atom is -0.385 e. The van der Waals surface area contributed by atoms with E-state index in [1.807, 2.05) is 6.07 Å². The van der Waals surface area contributed by atoms with Gasteiger partial charge in [0, 0.05) is 0 Å². The summed E-state index contributed by atoms with van der Waals surface area (Å²) in [5.41, 5.74) is 0.945. The molecular formula is C8H5ClNO. The molecule has 0 aliphatic carbocycles. The highest BCUT2D eigenvalue weighted by Crippen LogP contribution is 2.16. The summed E-state index contributed by atoms with van der Waals surface area (Å²) in [5.74, 6) is 0. The number of benzene rings is 1. The van der Waals surface area contributed by atoms with Crippen molar-refractivity contribution < 1.29 is 5.11 Å². The van der Waals surface area contributed by atoms with Crippen molar-refractivity contribution in [1.29, 1.82) is 5.26 Å².